The Morgan fingerprint density at radius 2 is 2.12 bits per heavy atom. The van der Waals surface area contributed by atoms with E-state index in [9.17, 15) is 24.9 Å². The Hall–Kier alpha value is -3.40. The van der Waals surface area contributed by atoms with Gasteiger partial charge in [0.25, 0.3) is 5.60 Å². The number of aromatic amines is 1. The van der Waals surface area contributed by atoms with Gasteiger partial charge in [-0.3, -0.25) is 9.67 Å². The van der Waals surface area contributed by atoms with Crippen LogP contribution in [0.5, 0.6) is 0 Å². The van der Waals surface area contributed by atoms with Crippen molar-refractivity contribution < 1.29 is 38.8 Å². The Morgan fingerprint density at radius 1 is 1.39 bits per heavy atom. The second-order valence-corrected chi connectivity index (χ2v) is 8.04. The molecule has 0 spiro atoms. The minimum absolute atomic E-state index is 0.0471. The number of hydrogen-bond donors (Lipinski definition) is 5. The number of ether oxygens (including phenoxy) is 2. The van der Waals surface area contributed by atoms with Crippen LogP contribution < -0.4 is 5.73 Å². The third-order valence-corrected chi connectivity index (χ3v) is 5.95. The van der Waals surface area contributed by atoms with Crippen molar-refractivity contribution in [3.05, 3.63) is 29.6 Å². The molecule has 0 bridgehead atoms. The van der Waals surface area contributed by atoms with Gasteiger partial charge in [0.1, 0.15) is 17.7 Å². The van der Waals surface area contributed by atoms with Crippen molar-refractivity contribution in [2.24, 2.45) is 0 Å². The van der Waals surface area contributed by atoms with Gasteiger partial charge in [-0.1, -0.05) is 0 Å². The number of carboxylic acids is 2. The van der Waals surface area contributed by atoms with Crippen LogP contribution in [0.15, 0.2) is 18.7 Å². The van der Waals surface area contributed by atoms with E-state index in [-0.39, 0.29) is 27.8 Å². The summed E-state index contributed by atoms with van der Waals surface area (Å²) in [5, 5.41) is 36.0. The number of carboxylic acid groups (broad SMARTS) is 2. The summed E-state index contributed by atoms with van der Waals surface area (Å²) in [4.78, 5) is 35.5. The quantitative estimate of drug-likeness (QED) is 0.208. The smallest absolute Gasteiger partial charge is 0.348 e. The molecule has 1 aliphatic heterocycles. The summed E-state index contributed by atoms with van der Waals surface area (Å²) in [7, 11) is 0. The number of alkyl halides is 1. The Bertz CT molecular complexity index is 1260. The second-order valence-electron chi connectivity index (χ2n) is 7.70. The maximum absolute atomic E-state index is 15.4. The van der Waals surface area contributed by atoms with E-state index in [4.69, 9.17) is 26.8 Å². The lowest BCUT2D eigenvalue weighted by Gasteiger charge is -2.28. The van der Waals surface area contributed by atoms with Crippen LogP contribution in [0.3, 0.4) is 0 Å². The molecule has 1 saturated carbocycles. The topological polar surface area (TPSA) is 212 Å². The molecule has 1 aliphatic carbocycles. The molecule has 1 unspecified atom stereocenters. The minimum atomic E-state index is -2.82. The van der Waals surface area contributed by atoms with Crippen molar-refractivity contribution in [3.63, 3.8) is 0 Å². The molecule has 3 aromatic heterocycles. The number of halogens is 2. The van der Waals surface area contributed by atoms with E-state index in [2.05, 4.69) is 25.1 Å². The summed E-state index contributed by atoms with van der Waals surface area (Å²) >= 11 is 5.81. The van der Waals surface area contributed by atoms with Crippen LogP contribution in [0.1, 0.15) is 11.8 Å². The number of fused-ring (bicyclic) bond motifs is 2. The number of aliphatic carboxylic acids is 2. The Balaban J connectivity index is 1.42. The van der Waals surface area contributed by atoms with Crippen molar-refractivity contribution >= 4 is 40.5 Å². The van der Waals surface area contributed by atoms with Crippen LogP contribution in [0, 0.1) is 0 Å². The lowest BCUT2D eigenvalue weighted by Crippen LogP contribution is -2.53. The van der Waals surface area contributed by atoms with Gasteiger partial charge in [0.05, 0.1) is 12.5 Å². The highest BCUT2D eigenvalue weighted by Gasteiger charge is 2.80. The molecule has 33 heavy (non-hydrogen) atoms. The monoisotopic (exact) mass is 483 g/mol. The molecule has 5 rings (SSSR count). The van der Waals surface area contributed by atoms with Crippen molar-refractivity contribution in [1.29, 1.82) is 0 Å². The molecule has 6 N–H and O–H groups in total. The minimum Gasteiger partial charge on any atom is -0.479 e. The van der Waals surface area contributed by atoms with E-state index in [1.807, 2.05) is 0 Å². The van der Waals surface area contributed by atoms with Gasteiger partial charge < -0.3 is 30.5 Å². The first-order valence-corrected chi connectivity index (χ1v) is 9.77. The summed E-state index contributed by atoms with van der Waals surface area (Å²) < 4.78 is 27.4. The second kappa shape index (κ2) is 7.05. The van der Waals surface area contributed by atoms with Crippen LogP contribution >= 0.6 is 11.6 Å². The number of anilines is 1. The summed E-state index contributed by atoms with van der Waals surface area (Å²) in [6, 6.07) is 0. The number of nitrogens with zero attached hydrogens (tertiary/aromatic N) is 5. The third-order valence-electron chi connectivity index (χ3n) is 5.78. The first-order valence-electron chi connectivity index (χ1n) is 9.39. The first-order chi connectivity index (χ1) is 15.6. The number of rotatable bonds is 7. The largest absolute Gasteiger partial charge is 0.479 e. The predicted octanol–water partition coefficient (Wildman–Crippen LogP) is -0.699. The standard InChI is InChI=1S/C17H15ClFN7O7/c18-15-24-10(20)6-11(25-15)26(4-21-6)12-7(19)17(31)8(32-12)9(17)33-16(13(27)28,14(29)30)1-5-2-22-23-3-5/h2-4,7-9,12,31H,1H2,(H,22,23)(H,27,28)(H,29,30)(H2,20,24,25)/t7-,8-,9?,12-,17+/m1/s1. The van der Waals surface area contributed by atoms with E-state index >= 15 is 4.39 Å². The van der Waals surface area contributed by atoms with Crippen LogP contribution in [-0.4, -0.2) is 86.6 Å². The number of nitrogens with one attached hydrogen (secondary N) is 1. The third kappa shape index (κ3) is 2.97. The van der Waals surface area contributed by atoms with Crippen molar-refractivity contribution in [2.45, 2.75) is 42.2 Å². The number of H-pyrrole nitrogens is 1. The van der Waals surface area contributed by atoms with Gasteiger partial charge in [-0.15, -0.1) is 0 Å². The Labute approximate surface area is 187 Å². The van der Waals surface area contributed by atoms with Crippen LogP contribution in [0.4, 0.5) is 10.2 Å². The first kappa shape index (κ1) is 21.4. The van der Waals surface area contributed by atoms with Gasteiger partial charge in [-0.2, -0.15) is 15.1 Å². The normalized spacial score (nSPS) is 28.7. The molecule has 16 heteroatoms. The predicted molar refractivity (Wildman–Crippen MR) is 104 cm³/mol. The molecule has 0 aromatic carbocycles. The van der Waals surface area contributed by atoms with Crippen molar-refractivity contribution in [2.75, 3.05) is 5.73 Å². The molecule has 5 atom stereocenters. The SMILES string of the molecule is Nc1nc(Cl)nc2c1ncn2[C@@H]1O[C@@H]2C(OC(Cc3cn[nH]c3)(C(=O)O)C(=O)O)[C@]2(O)[C@@H]1F. The number of nitrogen functional groups attached to an aromatic ring is 1. The molecular weight excluding hydrogens is 469 g/mol. The summed E-state index contributed by atoms with van der Waals surface area (Å²) in [6.07, 6.45) is -3.46. The summed E-state index contributed by atoms with van der Waals surface area (Å²) in [5.41, 5.74) is 1.01. The van der Waals surface area contributed by atoms with Crippen molar-refractivity contribution in [3.8, 4) is 0 Å². The van der Waals surface area contributed by atoms with Gasteiger partial charge in [0.15, 0.2) is 29.5 Å². The van der Waals surface area contributed by atoms with Gasteiger partial charge in [0.2, 0.25) is 5.28 Å². The van der Waals surface area contributed by atoms with Gasteiger partial charge in [-0.05, 0) is 17.2 Å². The molecule has 2 fully saturated rings. The molecule has 14 nitrogen and oxygen atoms in total. The number of aromatic nitrogens is 6. The zero-order chi connectivity index (χ0) is 23.7. The van der Waals surface area contributed by atoms with Crippen molar-refractivity contribution in [1.82, 2.24) is 29.7 Å². The summed E-state index contributed by atoms with van der Waals surface area (Å²) in [5.74, 6) is -3.72. The molecule has 3 aromatic rings. The number of nitrogens with two attached hydrogens (primary N) is 1. The molecule has 0 amide bonds. The van der Waals surface area contributed by atoms with Gasteiger partial charge >= 0.3 is 11.9 Å². The zero-order valence-electron chi connectivity index (χ0n) is 16.3. The Morgan fingerprint density at radius 3 is 2.70 bits per heavy atom. The number of imidazole rings is 1. The average molecular weight is 484 g/mol. The van der Waals surface area contributed by atoms with E-state index in [1.165, 1.54) is 18.7 Å². The van der Waals surface area contributed by atoms with E-state index in [0.29, 0.717) is 0 Å². The number of aliphatic hydroxyl groups is 1. The lowest BCUT2D eigenvalue weighted by molar-refractivity contribution is -0.194. The number of carbonyl (C=O) groups is 2. The van der Waals surface area contributed by atoms with Crippen LogP contribution in [0.2, 0.25) is 5.28 Å². The summed E-state index contributed by atoms with van der Waals surface area (Å²) in [6.45, 7) is 0. The molecule has 4 heterocycles. The maximum atomic E-state index is 15.4. The van der Waals surface area contributed by atoms with Crippen LogP contribution in [-0.2, 0) is 25.5 Å². The fourth-order valence-corrected chi connectivity index (χ4v) is 4.17. The van der Waals surface area contributed by atoms with Gasteiger partial charge in [-0.25, -0.2) is 19.0 Å². The Kier molecular flexibility index (Phi) is 4.58. The van der Waals surface area contributed by atoms with E-state index in [1.54, 1.807) is 0 Å². The lowest BCUT2D eigenvalue weighted by atomic mass is 9.96. The highest BCUT2D eigenvalue weighted by atomic mass is 35.5. The number of hydrogen-bond acceptors (Lipinski definition) is 10. The average Bonchev–Trinajstić information content (AvgIpc) is 3.21. The van der Waals surface area contributed by atoms with Crippen LogP contribution in [0.25, 0.3) is 11.2 Å². The zero-order valence-corrected chi connectivity index (χ0v) is 17.0. The molecule has 2 aliphatic rings. The van der Waals surface area contributed by atoms with Gasteiger partial charge in [0, 0.05) is 12.6 Å². The highest BCUT2D eigenvalue weighted by Crippen LogP contribution is 2.58. The maximum Gasteiger partial charge on any atom is 0.348 e. The highest BCUT2D eigenvalue weighted by molar-refractivity contribution is 6.28. The van der Waals surface area contributed by atoms with E-state index < -0.39 is 54.2 Å². The molecule has 0 radical (unpaired) electrons. The fraction of sp³-hybridized carbons (Fsp3) is 0.412. The molecule has 1 saturated heterocycles. The van der Waals surface area contributed by atoms with E-state index in [0.717, 1.165) is 4.57 Å². The fourth-order valence-electron chi connectivity index (χ4n) is 4.00. The molecule has 174 valence electrons. The molecular formula is C17H15ClFN7O7.